The first kappa shape index (κ1) is 19.9. The number of para-hydroxylation sites is 1. The highest BCUT2D eigenvalue weighted by molar-refractivity contribution is 7.11. The normalized spacial score (nSPS) is 19.2. The van der Waals surface area contributed by atoms with Crippen LogP contribution in [0.1, 0.15) is 40.6 Å². The molecule has 2 aliphatic rings. The van der Waals surface area contributed by atoms with Crippen molar-refractivity contribution in [2.45, 2.75) is 38.5 Å². The highest BCUT2D eigenvalue weighted by Gasteiger charge is 2.32. The van der Waals surface area contributed by atoms with Gasteiger partial charge in [0.05, 0.1) is 5.01 Å². The Morgan fingerprint density at radius 1 is 1.38 bits per heavy atom. The number of hydrogen-bond donors (Lipinski definition) is 1. The van der Waals surface area contributed by atoms with Crippen LogP contribution in [0.5, 0.6) is 0 Å². The molecule has 1 aromatic carbocycles. The maximum absolute atomic E-state index is 12.0. The molecule has 0 bridgehead atoms. The molecule has 6 nitrogen and oxygen atoms in total. The summed E-state index contributed by atoms with van der Waals surface area (Å²) in [7, 11) is 1.84. The van der Waals surface area contributed by atoms with Crippen LogP contribution < -0.4 is 10.2 Å². The highest BCUT2D eigenvalue weighted by Crippen LogP contribution is 2.38. The van der Waals surface area contributed by atoms with Crippen LogP contribution in [0.25, 0.3) is 0 Å². The van der Waals surface area contributed by atoms with Crippen LogP contribution in [-0.2, 0) is 11.2 Å². The van der Waals surface area contributed by atoms with Gasteiger partial charge in [0.1, 0.15) is 0 Å². The molecule has 1 amide bonds. The largest absolute Gasteiger partial charge is 0.356 e. The van der Waals surface area contributed by atoms with Gasteiger partial charge in [0, 0.05) is 68.7 Å². The first-order chi connectivity index (χ1) is 14.2. The Hall–Kier alpha value is -2.41. The van der Waals surface area contributed by atoms with E-state index >= 15 is 0 Å². The quantitative estimate of drug-likeness (QED) is 0.586. The number of aliphatic imine (C=N–C) groups is 1. The second kappa shape index (κ2) is 8.95. The third-order valence-corrected chi connectivity index (χ3v) is 6.72. The van der Waals surface area contributed by atoms with Crippen molar-refractivity contribution in [1.29, 1.82) is 0 Å². The number of nitrogens with zero attached hydrogens (tertiary/aromatic N) is 4. The number of nitrogens with one attached hydrogen (secondary N) is 1. The number of anilines is 1. The van der Waals surface area contributed by atoms with Crippen molar-refractivity contribution in [3.05, 3.63) is 45.9 Å². The number of rotatable bonds is 6. The van der Waals surface area contributed by atoms with E-state index in [9.17, 15) is 4.79 Å². The molecule has 4 rings (SSSR count). The van der Waals surface area contributed by atoms with E-state index < -0.39 is 0 Å². The molecule has 1 atom stereocenters. The van der Waals surface area contributed by atoms with Crippen LogP contribution >= 0.6 is 11.3 Å². The van der Waals surface area contributed by atoms with Gasteiger partial charge in [-0.05, 0) is 31.4 Å². The molecule has 1 fully saturated rings. The Balaban J connectivity index is 1.40. The van der Waals surface area contributed by atoms with Gasteiger partial charge in [0.15, 0.2) is 5.96 Å². The number of likely N-dealkylation sites (tertiary alicyclic amines) is 1. The summed E-state index contributed by atoms with van der Waals surface area (Å²) in [5, 5.41) is 4.67. The average Bonchev–Trinajstić information content (AvgIpc) is 3.43. The van der Waals surface area contributed by atoms with Gasteiger partial charge in [-0.3, -0.25) is 9.79 Å². The summed E-state index contributed by atoms with van der Waals surface area (Å²) in [6, 6.07) is 8.59. The maximum atomic E-state index is 12.0. The molecule has 1 aromatic heterocycles. The van der Waals surface area contributed by atoms with Gasteiger partial charge in [-0.1, -0.05) is 18.2 Å². The number of benzene rings is 1. The molecule has 3 heterocycles. The number of carbonyl (C=O) groups is 1. The van der Waals surface area contributed by atoms with Gasteiger partial charge >= 0.3 is 0 Å². The van der Waals surface area contributed by atoms with Gasteiger partial charge in [-0.15, -0.1) is 11.3 Å². The predicted molar refractivity (Wildman–Crippen MR) is 119 cm³/mol. The van der Waals surface area contributed by atoms with Gasteiger partial charge in [0.2, 0.25) is 5.91 Å². The van der Waals surface area contributed by atoms with Crippen LogP contribution in [-0.4, -0.2) is 55.0 Å². The van der Waals surface area contributed by atoms with E-state index in [4.69, 9.17) is 0 Å². The minimum absolute atomic E-state index is 0.308. The molecule has 0 spiro atoms. The lowest BCUT2D eigenvalue weighted by atomic mass is 9.98. The molecule has 154 valence electrons. The van der Waals surface area contributed by atoms with Crippen molar-refractivity contribution in [3.8, 4) is 0 Å². The topological polar surface area (TPSA) is 60.8 Å². The smallest absolute Gasteiger partial charge is 0.222 e. The van der Waals surface area contributed by atoms with Crippen LogP contribution in [0.2, 0.25) is 0 Å². The highest BCUT2D eigenvalue weighted by atomic mass is 32.1. The van der Waals surface area contributed by atoms with E-state index in [1.807, 2.05) is 18.1 Å². The summed E-state index contributed by atoms with van der Waals surface area (Å²) in [6.07, 6.45) is 5.54. The number of carbonyl (C=O) groups excluding carboxylic acids is 1. The number of thiazole rings is 1. The zero-order valence-electron chi connectivity index (χ0n) is 17.2. The summed E-state index contributed by atoms with van der Waals surface area (Å²) in [5.41, 5.74) is 2.58. The third kappa shape index (κ3) is 4.45. The van der Waals surface area contributed by atoms with Crippen LogP contribution in [0, 0.1) is 6.92 Å². The fraction of sp³-hybridized carbons (Fsp3) is 0.500. The second-order valence-corrected chi connectivity index (χ2v) is 9.05. The Morgan fingerprint density at radius 2 is 2.24 bits per heavy atom. The molecule has 2 aromatic rings. The minimum atomic E-state index is 0.308. The van der Waals surface area contributed by atoms with Crippen LogP contribution in [0.4, 0.5) is 5.69 Å². The molecule has 1 N–H and O–H groups in total. The van der Waals surface area contributed by atoms with Gasteiger partial charge in [0.25, 0.3) is 0 Å². The fourth-order valence-corrected chi connectivity index (χ4v) is 5.08. The summed E-state index contributed by atoms with van der Waals surface area (Å²) < 4.78 is 0. The van der Waals surface area contributed by atoms with Gasteiger partial charge in [-0.2, -0.15) is 0 Å². The van der Waals surface area contributed by atoms with E-state index in [2.05, 4.69) is 51.4 Å². The zero-order valence-corrected chi connectivity index (χ0v) is 18.0. The molecular weight excluding hydrogens is 382 g/mol. The van der Waals surface area contributed by atoms with E-state index in [1.165, 1.54) is 16.1 Å². The lowest BCUT2D eigenvalue weighted by Gasteiger charge is -2.23. The molecule has 29 heavy (non-hydrogen) atoms. The first-order valence-electron chi connectivity index (χ1n) is 10.4. The number of hydrogen-bond acceptors (Lipinski definition) is 4. The van der Waals surface area contributed by atoms with Crippen molar-refractivity contribution in [2.24, 2.45) is 4.99 Å². The van der Waals surface area contributed by atoms with Gasteiger partial charge < -0.3 is 15.1 Å². The van der Waals surface area contributed by atoms with Crippen molar-refractivity contribution >= 4 is 28.9 Å². The van der Waals surface area contributed by atoms with E-state index in [0.717, 1.165) is 56.4 Å². The summed E-state index contributed by atoms with van der Waals surface area (Å²) in [4.78, 5) is 26.5. The number of fused-ring (bicyclic) bond motifs is 1. The standard InChI is InChI=1S/C22H29N5OS/c1-16-14-25-20(29-16)9-11-24-22(23-2)27-15-17(18-6-3-4-7-19(18)27)10-13-26-12-5-8-21(26)28/h3-4,6-7,14,17H,5,8-13,15H2,1-2H3,(H,23,24). The zero-order chi connectivity index (χ0) is 20.2. The Morgan fingerprint density at radius 3 is 2.97 bits per heavy atom. The van der Waals surface area contributed by atoms with E-state index in [0.29, 0.717) is 18.2 Å². The summed E-state index contributed by atoms with van der Waals surface area (Å²) in [5.74, 6) is 1.63. The molecule has 2 aliphatic heterocycles. The van der Waals surface area contributed by atoms with E-state index in [1.54, 1.807) is 11.3 Å². The number of aryl methyl sites for hydroxylation is 1. The number of amides is 1. The Kier molecular flexibility index (Phi) is 6.13. The van der Waals surface area contributed by atoms with Crippen molar-refractivity contribution in [1.82, 2.24) is 15.2 Å². The minimum Gasteiger partial charge on any atom is -0.356 e. The van der Waals surface area contributed by atoms with Crippen LogP contribution in [0.15, 0.2) is 35.5 Å². The molecule has 7 heteroatoms. The molecule has 0 saturated carbocycles. The SMILES string of the molecule is CN=C(NCCc1ncc(C)s1)N1CC(CCN2CCCC2=O)c2ccccc21. The maximum Gasteiger partial charge on any atom is 0.222 e. The Labute approximate surface area is 176 Å². The van der Waals surface area contributed by atoms with Crippen molar-refractivity contribution in [2.75, 3.05) is 38.1 Å². The number of guanidine groups is 1. The summed E-state index contributed by atoms with van der Waals surface area (Å²) >= 11 is 1.75. The monoisotopic (exact) mass is 411 g/mol. The van der Waals surface area contributed by atoms with Gasteiger partial charge in [-0.25, -0.2) is 4.98 Å². The molecule has 0 aliphatic carbocycles. The predicted octanol–water partition coefficient (Wildman–Crippen LogP) is 3.19. The lowest BCUT2D eigenvalue weighted by Crippen LogP contribution is -2.42. The molecule has 1 saturated heterocycles. The average molecular weight is 412 g/mol. The van der Waals surface area contributed by atoms with E-state index in [-0.39, 0.29) is 0 Å². The summed E-state index contributed by atoms with van der Waals surface area (Å²) in [6.45, 7) is 5.56. The lowest BCUT2D eigenvalue weighted by molar-refractivity contribution is -0.127. The molecule has 1 unspecified atom stereocenters. The Bertz CT molecular complexity index is 893. The molecule has 0 radical (unpaired) electrons. The molecular formula is C22H29N5OS. The number of aromatic nitrogens is 1. The second-order valence-electron chi connectivity index (χ2n) is 7.73. The van der Waals surface area contributed by atoms with Crippen molar-refractivity contribution < 1.29 is 4.79 Å². The van der Waals surface area contributed by atoms with Crippen molar-refractivity contribution in [3.63, 3.8) is 0 Å². The van der Waals surface area contributed by atoms with Crippen LogP contribution in [0.3, 0.4) is 0 Å². The first-order valence-corrected chi connectivity index (χ1v) is 11.2. The fourth-order valence-electron chi connectivity index (χ4n) is 4.29. The third-order valence-electron chi connectivity index (χ3n) is 5.75.